The van der Waals surface area contributed by atoms with Crippen molar-refractivity contribution in [2.24, 2.45) is 0 Å². The van der Waals surface area contributed by atoms with Crippen LogP contribution in [-0.2, 0) is 0 Å². The third-order valence-corrected chi connectivity index (χ3v) is 0.755. The van der Waals surface area contributed by atoms with Crippen LogP contribution in [0.4, 0.5) is 13.2 Å². The van der Waals surface area contributed by atoms with Gasteiger partial charge in [0.1, 0.15) is 0 Å². The zero-order valence-electron chi connectivity index (χ0n) is 3.47. The molecule has 0 aromatic heterocycles. The van der Waals surface area contributed by atoms with Crippen LogP contribution in [0.2, 0.25) is 0 Å². The van der Waals surface area contributed by atoms with Gasteiger partial charge in [-0.05, 0) is 0 Å². The van der Waals surface area contributed by atoms with Crippen LogP contribution in [0.5, 0.6) is 0 Å². The van der Waals surface area contributed by atoms with E-state index >= 15 is 0 Å². The fraction of sp³-hybridized carbons (Fsp3) is 0.333. The number of hydrogen-bond acceptors (Lipinski definition) is 0. The van der Waals surface area contributed by atoms with E-state index < -0.39 is 16.7 Å². The summed E-state index contributed by atoms with van der Waals surface area (Å²) in [5.74, 6) is -1.78. The van der Waals surface area contributed by atoms with E-state index in [1.165, 1.54) is 0 Å². The maximum atomic E-state index is 11.5. The summed E-state index contributed by atoms with van der Waals surface area (Å²) in [7, 11) is 0. The van der Waals surface area contributed by atoms with Crippen molar-refractivity contribution in [2.45, 2.75) is 4.84 Å². The lowest BCUT2D eigenvalue weighted by Gasteiger charge is -1.90. The van der Waals surface area contributed by atoms with Gasteiger partial charge in [-0.3, -0.25) is 0 Å². The molecule has 0 amide bonds. The highest BCUT2D eigenvalue weighted by Gasteiger charge is 2.12. The van der Waals surface area contributed by atoms with Crippen molar-refractivity contribution < 1.29 is 13.2 Å². The Kier molecular flexibility index (Phi) is 3.24. The van der Waals surface area contributed by atoms with Crippen molar-refractivity contribution in [3.8, 4) is 0 Å². The molecule has 0 bridgehead atoms. The van der Waals surface area contributed by atoms with Crippen molar-refractivity contribution in [1.29, 1.82) is 0 Å². The Balaban J connectivity index is 4.00. The van der Waals surface area contributed by atoms with Crippen LogP contribution in [0.15, 0.2) is 11.9 Å². The fourth-order valence-corrected chi connectivity index (χ4v) is 0.247. The zero-order valence-corrected chi connectivity index (χ0v) is 4.98. The van der Waals surface area contributed by atoms with E-state index in [2.05, 4.69) is 23.2 Å². The third kappa shape index (κ3) is 2.43. The molecule has 0 fully saturated rings. The second kappa shape index (κ2) is 3.20. The standard InChI is InChI=1S/C3HCl2F3/c4-2(5)1(6)3(7)8/h2H. The molecule has 0 atom stereocenters. The van der Waals surface area contributed by atoms with Gasteiger partial charge in [0.15, 0.2) is 10.7 Å². The molecular weight excluding hydrogens is 164 g/mol. The molecule has 0 heterocycles. The molecule has 0 aliphatic heterocycles. The Morgan fingerprint density at radius 2 is 1.50 bits per heavy atom. The van der Waals surface area contributed by atoms with Crippen LogP contribution in [0, 0.1) is 0 Å². The minimum absolute atomic E-state index is 1.75. The molecule has 8 heavy (non-hydrogen) atoms. The van der Waals surface area contributed by atoms with Crippen LogP contribution in [-0.4, -0.2) is 4.84 Å². The number of halogens is 5. The summed E-state index contributed by atoms with van der Waals surface area (Å²) in [5.41, 5.74) is 0. The molecule has 0 saturated heterocycles. The first-order valence-corrected chi connectivity index (χ1v) is 2.41. The number of alkyl halides is 2. The van der Waals surface area contributed by atoms with Gasteiger partial charge in [0.2, 0.25) is 0 Å². The summed E-state index contributed by atoms with van der Waals surface area (Å²) in [6.45, 7) is 0. The zero-order chi connectivity index (χ0) is 6.73. The Bertz CT molecular complexity index is 105. The second-order valence-corrected chi connectivity index (χ2v) is 2.01. The van der Waals surface area contributed by atoms with Crippen molar-refractivity contribution in [3.05, 3.63) is 11.9 Å². The largest absolute Gasteiger partial charge is 0.304 e. The lowest BCUT2D eigenvalue weighted by Crippen LogP contribution is -1.86. The minimum atomic E-state index is -2.47. The Morgan fingerprint density at radius 3 is 1.50 bits per heavy atom. The molecule has 0 aromatic rings. The Morgan fingerprint density at radius 1 is 1.12 bits per heavy atom. The maximum absolute atomic E-state index is 11.5. The van der Waals surface area contributed by atoms with Crippen molar-refractivity contribution in [1.82, 2.24) is 0 Å². The molecule has 0 aliphatic carbocycles. The van der Waals surface area contributed by atoms with Gasteiger partial charge in [-0.2, -0.15) is 8.78 Å². The van der Waals surface area contributed by atoms with Gasteiger partial charge >= 0.3 is 6.08 Å². The highest BCUT2D eigenvalue weighted by Crippen LogP contribution is 2.20. The van der Waals surface area contributed by atoms with E-state index in [-0.39, 0.29) is 0 Å². The first-order chi connectivity index (χ1) is 3.55. The summed E-state index contributed by atoms with van der Waals surface area (Å²) >= 11 is 9.35. The lowest BCUT2D eigenvalue weighted by molar-refractivity contribution is 0.379. The fourth-order valence-electron chi connectivity index (χ4n) is 0.0825. The predicted octanol–water partition coefficient (Wildman–Crippen LogP) is 2.87. The molecule has 0 aromatic carbocycles. The average Bonchev–Trinajstić information content (AvgIpc) is 1.64. The molecule has 0 N–H and O–H groups in total. The highest BCUT2D eigenvalue weighted by atomic mass is 35.5. The molecular formula is C3HCl2F3. The van der Waals surface area contributed by atoms with E-state index in [4.69, 9.17) is 0 Å². The molecule has 0 rings (SSSR count). The van der Waals surface area contributed by atoms with Gasteiger partial charge in [-0.15, -0.1) is 0 Å². The summed E-state index contributed by atoms with van der Waals surface area (Å²) < 4.78 is 33.5. The van der Waals surface area contributed by atoms with Crippen LogP contribution in [0.3, 0.4) is 0 Å². The summed E-state index contributed by atoms with van der Waals surface area (Å²) in [4.78, 5) is -1.75. The SMILES string of the molecule is FC(F)=C(F)C(Cl)Cl. The van der Waals surface area contributed by atoms with E-state index in [0.717, 1.165) is 0 Å². The maximum Gasteiger partial charge on any atom is 0.304 e. The summed E-state index contributed by atoms with van der Waals surface area (Å²) in [6.07, 6.45) is -2.47. The van der Waals surface area contributed by atoms with Gasteiger partial charge in [0, 0.05) is 0 Å². The Hall–Kier alpha value is 0.110. The Labute approximate surface area is 53.9 Å². The molecule has 48 valence electrons. The summed E-state index contributed by atoms with van der Waals surface area (Å²) in [5, 5.41) is 0. The van der Waals surface area contributed by atoms with Crippen LogP contribution in [0.25, 0.3) is 0 Å². The predicted molar refractivity (Wildman–Crippen MR) is 25.8 cm³/mol. The monoisotopic (exact) mass is 164 g/mol. The van der Waals surface area contributed by atoms with E-state index in [0.29, 0.717) is 0 Å². The van der Waals surface area contributed by atoms with E-state index in [1.54, 1.807) is 0 Å². The normalized spacial score (nSPS) is 9.75. The molecule has 0 saturated carbocycles. The lowest BCUT2D eigenvalue weighted by atomic mass is 10.7. The molecule has 5 heteroatoms. The van der Waals surface area contributed by atoms with Gasteiger partial charge in [0.05, 0.1) is 0 Å². The highest BCUT2D eigenvalue weighted by molar-refractivity contribution is 6.45. The van der Waals surface area contributed by atoms with Gasteiger partial charge < -0.3 is 0 Å². The molecule has 0 spiro atoms. The molecule has 0 unspecified atom stereocenters. The van der Waals surface area contributed by atoms with Crippen molar-refractivity contribution in [2.75, 3.05) is 0 Å². The minimum Gasteiger partial charge on any atom is -0.203 e. The van der Waals surface area contributed by atoms with E-state index in [1.807, 2.05) is 0 Å². The van der Waals surface area contributed by atoms with Crippen LogP contribution < -0.4 is 0 Å². The van der Waals surface area contributed by atoms with Gasteiger partial charge in [-0.25, -0.2) is 4.39 Å². The molecule has 0 aliphatic rings. The van der Waals surface area contributed by atoms with Crippen LogP contribution >= 0.6 is 23.2 Å². The first kappa shape index (κ1) is 8.11. The second-order valence-electron chi connectivity index (χ2n) is 0.909. The van der Waals surface area contributed by atoms with Crippen LogP contribution in [0.1, 0.15) is 0 Å². The van der Waals surface area contributed by atoms with Gasteiger partial charge in [0.25, 0.3) is 0 Å². The van der Waals surface area contributed by atoms with Crippen molar-refractivity contribution >= 4 is 23.2 Å². The van der Waals surface area contributed by atoms with Crippen molar-refractivity contribution in [3.63, 3.8) is 0 Å². The topological polar surface area (TPSA) is 0 Å². The first-order valence-electron chi connectivity index (χ1n) is 1.54. The number of allylic oxidation sites excluding steroid dienone is 1. The molecule has 0 radical (unpaired) electrons. The smallest absolute Gasteiger partial charge is 0.203 e. The number of rotatable bonds is 1. The number of hydrogen-bond donors (Lipinski definition) is 0. The molecule has 0 nitrogen and oxygen atoms in total. The third-order valence-electron chi connectivity index (χ3n) is 0.372. The van der Waals surface area contributed by atoms with E-state index in [9.17, 15) is 13.2 Å². The quantitative estimate of drug-likeness (QED) is 0.524. The summed E-state index contributed by atoms with van der Waals surface area (Å²) in [6, 6.07) is 0. The van der Waals surface area contributed by atoms with Gasteiger partial charge in [-0.1, -0.05) is 23.2 Å². The average molecular weight is 165 g/mol.